The SMILES string of the molecule is Cc1c(NN)ncnc1OCCN(C)C. The fourth-order valence-corrected chi connectivity index (χ4v) is 1.05. The number of nitrogens with zero attached hydrogens (tertiary/aromatic N) is 3. The molecule has 15 heavy (non-hydrogen) atoms. The molecule has 1 aromatic rings. The highest BCUT2D eigenvalue weighted by Gasteiger charge is 2.06. The van der Waals surface area contributed by atoms with Gasteiger partial charge in [-0.2, -0.15) is 0 Å². The summed E-state index contributed by atoms with van der Waals surface area (Å²) in [5, 5.41) is 0. The van der Waals surface area contributed by atoms with Gasteiger partial charge in [-0.05, 0) is 21.0 Å². The summed E-state index contributed by atoms with van der Waals surface area (Å²) >= 11 is 0. The van der Waals surface area contributed by atoms with E-state index in [-0.39, 0.29) is 0 Å². The molecule has 3 N–H and O–H groups in total. The van der Waals surface area contributed by atoms with E-state index in [2.05, 4.69) is 15.4 Å². The topological polar surface area (TPSA) is 76.3 Å². The molecule has 0 fully saturated rings. The number of ether oxygens (including phenoxy) is 1. The van der Waals surface area contributed by atoms with Gasteiger partial charge in [0.15, 0.2) is 0 Å². The summed E-state index contributed by atoms with van der Waals surface area (Å²) in [6, 6.07) is 0. The molecule has 0 unspecified atom stereocenters. The van der Waals surface area contributed by atoms with Gasteiger partial charge in [-0.15, -0.1) is 0 Å². The lowest BCUT2D eigenvalue weighted by Crippen LogP contribution is -2.20. The Balaban J connectivity index is 2.61. The first-order valence-corrected chi connectivity index (χ1v) is 4.71. The second-order valence-electron chi connectivity index (χ2n) is 3.45. The number of nitrogens with two attached hydrogens (primary N) is 1. The average molecular weight is 211 g/mol. The summed E-state index contributed by atoms with van der Waals surface area (Å²) in [6.45, 7) is 3.30. The summed E-state index contributed by atoms with van der Waals surface area (Å²) in [5.41, 5.74) is 3.31. The number of nitrogens with one attached hydrogen (secondary N) is 1. The molecule has 0 aliphatic rings. The van der Waals surface area contributed by atoms with Crippen LogP contribution in [0.25, 0.3) is 0 Å². The predicted octanol–water partition coefficient (Wildman–Crippen LogP) is 0.0110. The zero-order chi connectivity index (χ0) is 11.3. The maximum absolute atomic E-state index is 5.50. The van der Waals surface area contributed by atoms with Crippen molar-refractivity contribution in [1.82, 2.24) is 14.9 Å². The van der Waals surface area contributed by atoms with Gasteiger partial charge < -0.3 is 15.1 Å². The standard InChI is InChI=1S/C9H17N5O/c1-7-8(13-10)11-6-12-9(7)15-5-4-14(2)3/h6H,4-5,10H2,1-3H3,(H,11,12,13). The van der Waals surface area contributed by atoms with Gasteiger partial charge in [0, 0.05) is 6.54 Å². The van der Waals surface area contributed by atoms with Crippen molar-refractivity contribution >= 4 is 5.82 Å². The molecule has 6 heteroatoms. The van der Waals surface area contributed by atoms with Gasteiger partial charge in [0.05, 0.1) is 5.56 Å². The van der Waals surface area contributed by atoms with E-state index in [0.29, 0.717) is 18.3 Å². The maximum atomic E-state index is 5.50. The van der Waals surface area contributed by atoms with Crippen LogP contribution >= 0.6 is 0 Å². The highest BCUT2D eigenvalue weighted by molar-refractivity contribution is 5.46. The third kappa shape index (κ3) is 3.34. The van der Waals surface area contributed by atoms with Gasteiger partial charge in [-0.3, -0.25) is 0 Å². The molecule has 6 nitrogen and oxygen atoms in total. The molecule has 0 radical (unpaired) electrons. The van der Waals surface area contributed by atoms with Crippen molar-refractivity contribution in [1.29, 1.82) is 0 Å². The lowest BCUT2D eigenvalue weighted by molar-refractivity contribution is 0.252. The molecule has 0 saturated heterocycles. The Morgan fingerprint density at radius 3 is 2.80 bits per heavy atom. The van der Waals surface area contributed by atoms with Gasteiger partial charge in [0.25, 0.3) is 0 Å². The average Bonchev–Trinajstić information content (AvgIpc) is 2.20. The Morgan fingerprint density at radius 1 is 1.47 bits per heavy atom. The zero-order valence-corrected chi connectivity index (χ0v) is 9.32. The molecular formula is C9H17N5O. The van der Waals surface area contributed by atoms with E-state index in [1.165, 1.54) is 6.33 Å². The van der Waals surface area contributed by atoms with E-state index < -0.39 is 0 Å². The van der Waals surface area contributed by atoms with Crippen molar-refractivity contribution in [2.45, 2.75) is 6.92 Å². The Labute approximate surface area is 89.4 Å². The highest BCUT2D eigenvalue weighted by Crippen LogP contribution is 2.18. The molecule has 0 aliphatic carbocycles. The van der Waals surface area contributed by atoms with Crippen molar-refractivity contribution < 1.29 is 4.74 Å². The summed E-state index contributed by atoms with van der Waals surface area (Å²) in [7, 11) is 3.98. The van der Waals surface area contributed by atoms with E-state index in [1.807, 2.05) is 25.9 Å². The van der Waals surface area contributed by atoms with Gasteiger partial charge >= 0.3 is 0 Å². The highest BCUT2D eigenvalue weighted by atomic mass is 16.5. The Hall–Kier alpha value is -1.40. The van der Waals surface area contributed by atoms with Crippen LogP contribution in [0.4, 0.5) is 5.82 Å². The summed E-state index contributed by atoms with van der Waals surface area (Å²) in [5.74, 6) is 6.45. The lowest BCUT2D eigenvalue weighted by Gasteiger charge is -2.12. The first-order valence-electron chi connectivity index (χ1n) is 4.71. The first-order chi connectivity index (χ1) is 7.15. The number of anilines is 1. The molecule has 0 amide bonds. The third-order valence-corrected chi connectivity index (χ3v) is 1.95. The van der Waals surface area contributed by atoms with Crippen LogP contribution in [-0.2, 0) is 0 Å². The Bertz CT molecular complexity index is 315. The second kappa shape index (κ2) is 5.47. The molecular weight excluding hydrogens is 194 g/mol. The van der Waals surface area contributed by atoms with Crippen molar-refractivity contribution in [2.24, 2.45) is 5.84 Å². The lowest BCUT2D eigenvalue weighted by atomic mass is 10.3. The summed E-state index contributed by atoms with van der Waals surface area (Å²) < 4.78 is 5.50. The first kappa shape index (κ1) is 11.7. The molecule has 0 aliphatic heterocycles. The van der Waals surface area contributed by atoms with Crippen molar-refractivity contribution in [2.75, 3.05) is 32.7 Å². The number of aromatic nitrogens is 2. The molecule has 84 valence electrons. The Kier molecular flexibility index (Phi) is 4.26. The molecule has 1 aromatic heterocycles. The van der Waals surface area contributed by atoms with Crippen LogP contribution in [0.15, 0.2) is 6.33 Å². The van der Waals surface area contributed by atoms with Crippen LogP contribution < -0.4 is 16.0 Å². The summed E-state index contributed by atoms with van der Waals surface area (Å²) in [6.07, 6.45) is 1.42. The number of nitrogen functional groups attached to an aromatic ring is 1. The van der Waals surface area contributed by atoms with Gasteiger partial charge in [-0.1, -0.05) is 0 Å². The van der Waals surface area contributed by atoms with E-state index in [0.717, 1.165) is 12.1 Å². The van der Waals surface area contributed by atoms with Crippen LogP contribution in [0.5, 0.6) is 5.88 Å². The quantitative estimate of drug-likeness (QED) is 0.528. The number of rotatable bonds is 5. The fraction of sp³-hybridized carbons (Fsp3) is 0.556. The number of hydrogen-bond acceptors (Lipinski definition) is 6. The van der Waals surface area contributed by atoms with Crippen molar-refractivity contribution in [3.63, 3.8) is 0 Å². The van der Waals surface area contributed by atoms with Crippen LogP contribution in [0.2, 0.25) is 0 Å². The Morgan fingerprint density at radius 2 is 2.20 bits per heavy atom. The van der Waals surface area contributed by atoms with E-state index >= 15 is 0 Å². The normalized spacial score (nSPS) is 10.5. The predicted molar refractivity (Wildman–Crippen MR) is 58.6 cm³/mol. The van der Waals surface area contributed by atoms with Crippen LogP contribution in [0, 0.1) is 6.92 Å². The van der Waals surface area contributed by atoms with Gasteiger partial charge in [0.1, 0.15) is 18.8 Å². The van der Waals surface area contributed by atoms with Crippen LogP contribution in [0.3, 0.4) is 0 Å². The summed E-state index contributed by atoms with van der Waals surface area (Å²) in [4.78, 5) is 10.0. The minimum atomic E-state index is 0.569. The third-order valence-electron chi connectivity index (χ3n) is 1.95. The fourth-order valence-electron chi connectivity index (χ4n) is 1.05. The minimum Gasteiger partial charge on any atom is -0.476 e. The zero-order valence-electron chi connectivity index (χ0n) is 9.32. The van der Waals surface area contributed by atoms with E-state index in [4.69, 9.17) is 10.6 Å². The molecule has 0 atom stereocenters. The molecule has 1 heterocycles. The monoisotopic (exact) mass is 211 g/mol. The van der Waals surface area contributed by atoms with Crippen LogP contribution in [-0.4, -0.2) is 42.1 Å². The smallest absolute Gasteiger partial charge is 0.221 e. The van der Waals surface area contributed by atoms with Crippen molar-refractivity contribution in [3.8, 4) is 5.88 Å². The maximum Gasteiger partial charge on any atom is 0.221 e. The largest absolute Gasteiger partial charge is 0.476 e. The molecule has 0 saturated carbocycles. The van der Waals surface area contributed by atoms with Gasteiger partial charge in [0.2, 0.25) is 5.88 Å². The van der Waals surface area contributed by atoms with E-state index in [9.17, 15) is 0 Å². The number of likely N-dealkylation sites (N-methyl/N-ethyl adjacent to an activating group) is 1. The molecule has 1 rings (SSSR count). The number of hydrazine groups is 1. The molecule has 0 aromatic carbocycles. The second-order valence-corrected chi connectivity index (χ2v) is 3.45. The molecule has 0 bridgehead atoms. The number of hydrogen-bond donors (Lipinski definition) is 2. The van der Waals surface area contributed by atoms with Gasteiger partial charge in [-0.25, -0.2) is 15.8 Å². The van der Waals surface area contributed by atoms with Crippen LogP contribution in [0.1, 0.15) is 5.56 Å². The minimum absolute atomic E-state index is 0.569. The van der Waals surface area contributed by atoms with Crippen molar-refractivity contribution in [3.05, 3.63) is 11.9 Å². The van der Waals surface area contributed by atoms with E-state index in [1.54, 1.807) is 0 Å². The molecule has 0 spiro atoms.